The summed E-state index contributed by atoms with van der Waals surface area (Å²) in [6, 6.07) is 6.53. The van der Waals surface area contributed by atoms with Gasteiger partial charge in [-0.2, -0.15) is 0 Å². The number of benzene rings is 1. The van der Waals surface area contributed by atoms with Crippen LogP contribution in [0.25, 0.3) is 0 Å². The standard InChI is InChI=1S/C8H8ClFO/c1-11-7-4-2-6(3-5-7)8(9)10/h2-5,8H,1H3. The molecule has 0 N–H and O–H groups in total. The number of hydrogen-bond donors (Lipinski definition) is 0. The predicted molar refractivity (Wildman–Crippen MR) is 42.7 cm³/mol. The van der Waals surface area contributed by atoms with Crippen LogP contribution in [0, 0.1) is 0 Å². The van der Waals surface area contributed by atoms with Crippen molar-refractivity contribution >= 4 is 11.6 Å². The Balaban J connectivity index is 2.83. The Hall–Kier alpha value is -0.760. The molecule has 1 unspecified atom stereocenters. The average Bonchev–Trinajstić information content (AvgIpc) is 2.05. The molecule has 1 rings (SSSR count). The van der Waals surface area contributed by atoms with E-state index in [0.29, 0.717) is 11.3 Å². The third kappa shape index (κ3) is 2.09. The molecule has 1 aromatic rings. The molecule has 0 fully saturated rings. The number of alkyl halides is 2. The lowest BCUT2D eigenvalue weighted by Crippen LogP contribution is -1.84. The summed E-state index contributed by atoms with van der Waals surface area (Å²) in [6.45, 7) is 0. The van der Waals surface area contributed by atoms with E-state index in [1.54, 1.807) is 31.4 Å². The smallest absolute Gasteiger partial charge is 0.198 e. The van der Waals surface area contributed by atoms with Gasteiger partial charge >= 0.3 is 0 Å². The van der Waals surface area contributed by atoms with Gasteiger partial charge in [0.2, 0.25) is 0 Å². The summed E-state index contributed by atoms with van der Waals surface area (Å²) >= 11 is 5.19. The van der Waals surface area contributed by atoms with Crippen LogP contribution in [0.3, 0.4) is 0 Å². The van der Waals surface area contributed by atoms with Crippen LogP contribution in [-0.2, 0) is 0 Å². The maximum atomic E-state index is 12.4. The first-order valence-electron chi connectivity index (χ1n) is 3.16. The highest BCUT2D eigenvalue weighted by Gasteiger charge is 2.03. The molecule has 0 spiro atoms. The minimum Gasteiger partial charge on any atom is -0.497 e. The van der Waals surface area contributed by atoms with E-state index in [1.165, 1.54) is 0 Å². The number of halogens is 2. The third-order valence-electron chi connectivity index (χ3n) is 1.37. The second kappa shape index (κ2) is 3.58. The molecule has 0 heterocycles. The normalized spacial score (nSPS) is 12.6. The Morgan fingerprint density at radius 1 is 1.36 bits per heavy atom. The van der Waals surface area contributed by atoms with Gasteiger partial charge in [-0.15, -0.1) is 0 Å². The molecule has 0 bridgehead atoms. The van der Waals surface area contributed by atoms with Gasteiger partial charge in [0.25, 0.3) is 0 Å². The first-order valence-corrected chi connectivity index (χ1v) is 3.60. The van der Waals surface area contributed by atoms with Gasteiger partial charge in [0.05, 0.1) is 7.11 Å². The number of rotatable bonds is 2. The number of methoxy groups -OCH3 is 1. The number of hydrogen-bond acceptors (Lipinski definition) is 1. The summed E-state index contributed by atoms with van der Waals surface area (Å²) in [5, 5.41) is 0. The first-order chi connectivity index (χ1) is 5.24. The third-order valence-corrected chi connectivity index (χ3v) is 1.62. The lowest BCUT2D eigenvalue weighted by atomic mass is 10.2. The van der Waals surface area contributed by atoms with E-state index in [2.05, 4.69) is 0 Å². The maximum Gasteiger partial charge on any atom is 0.198 e. The van der Waals surface area contributed by atoms with E-state index in [9.17, 15) is 4.39 Å². The van der Waals surface area contributed by atoms with Crippen molar-refractivity contribution < 1.29 is 9.13 Å². The zero-order chi connectivity index (χ0) is 8.27. The summed E-state index contributed by atoms with van der Waals surface area (Å²) < 4.78 is 17.3. The zero-order valence-electron chi connectivity index (χ0n) is 6.05. The van der Waals surface area contributed by atoms with Gasteiger partial charge < -0.3 is 4.74 Å². The van der Waals surface area contributed by atoms with Crippen molar-refractivity contribution in [2.75, 3.05) is 7.11 Å². The first kappa shape index (κ1) is 8.34. The molecular weight excluding hydrogens is 167 g/mol. The van der Waals surface area contributed by atoms with Crippen LogP contribution in [0.1, 0.15) is 11.2 Å². The van der Waals surface area contributed by atoms with Gasteiger partial charge in [-0.3, -0.25) is 0 Å². The van der Waals surface area contributed by atoms with Crippen molar-refractivity contribution in [3.05, 3.63) is 29.8 Å². The largest absolute Gasteiger partial charge is 0.497 e. The monoisotopic (exact) mass is 174 g/mol. The lowest BCUT2D eigenvalue weighted by Gasteiger charge is -2.01. The van der Waals surface area contributed by atoms with Gasteiger partial charge in [-0.25, -0.2) is 4.39 Å². The molecule has 0 aliphatic carbocycles. The summed E-state index contributed by atoms with van der Waals surface area (Å²) in [6.07, 6.45) is 0. The van der Waals surface area contributed by atoms with Crippen LogP contribution in [-0.4, -0.2) is 7.11 Å². The molecule has 0 saturated heterocycles. The van der Waals surface area contributed by atoms with Gasteiger partial charge in [-0.1, -0.05) is 23.7 Å². The maximum absolute atomic E-state index is 12.4. The molecule has 1 aromatic carbocycles. The highest BCUT2D eigenvalue weighted by molar-refractivity contribution is 6.19. The van der Waals surface area contributed by atoms with E-state index in [1.807, 2.05) is 0 Å². The average molecular weight is 175 g/mol. The topological polar surface area (TPSA) is 9.23 Å². The predicted octanol–water partition coefficient (Wildman–Crippen LogP) is 2.90. The van der Waals surface area contributed by atoms with Gasteiger partial charge in [0.15, 0.2) is 5.63 Å². The van der Waals surface area contributed by atoms with Gasteiger partial charge in [0, 0.05) is 5.56 Å². The van der Waals surface area contributed by atoms with E-state index in [4.69, 9.17) is 16.3 Å². The molecule has 11 heavy (non-hydrogen) atoms. The minimum atomic E-state index is -1.43. The molecular formula is C8H8ClFO. The van der Waals surface area contributed by atoms with Crippen molar-refractivity contribution in [3.63, 3.8) is 0 Å². The fourth-order valence-electron chi connectivity index (χ4n) is 0.749. The molecule has 0 saturated carbocycles. The van der Waals surface area contributed by atoms with Crippen LogP contribution < -0.4 is 4.74 Å². The highest BCUT2D eigenvalue weighted by Crippen LogP contribution is 2.23. The van der Waals surface area contributed by atoms with Crippen LogP contribution in [0.15, 0.2) is 24.3 Å². The molecule has 1 atom stereocenters. The molecule has 1 nitrogen and oxygen atoms in total. The second-order valence-corrected chi connectivity index (χ2v) is 2.46. The lowest BCUT2D eigenvalue weighted by molar-refractivity contribution is 0.413. The fourth-order valence-corrected chi connectivity index (χ4v) is 0.895. The van der Waals surface area contributed by atoms with Crippen LogP contribution in [0.5, 0.6) is 5.75 Å². The molecule has 0 aliphatic rings. The highest BCUT2D eigenvalue weighted by atomic mass is 35.5. The van der Waals surface area contributed by atoms with Crippen molar-refractivity contribution in [2.24, 2.45) is 0 Å². The van der Waals surface area contributed by atoms with E-state index in [-0.39, 0.29) is 0 Å². The van der Waals surface area contributed by atoms with Crippen molar-refractivity contribution in [1.82, 2.24) is 0 Å². The fraction of sp³-hybridized carbons (Fsp3) is 0.250. The Morgan fingerprint density at radius 2 is 1.91 bits per heavy atom. The van der Waals surface area contributed by atoms with Gasteiger partial charge in [0.1, 0.15) is 5.75 Å². The summed E-state index contributed by atoms with van der Waals surface area (Å²) in [5.41, 5.74) is -0.978. The second-order valence-electron chi connectivity index (χ2n) is 2.07. The molecule has 0 aliphatic heterocycles. The Labute approximate surface area is 69.7 Å². The Morgan fingerprint density at radius 3 is 2.27 bits per heavy atom. The summed E-state index contributed by atoms with van der Waals surface area (Å²) in [7, 11) is 1.56. The zero-order valence-corrected chi connectivity index (χ0v) is 6.81. The quantitative estimate of drug-likeness (QED) is 0.627. The molecule has 60 valence electrons. The summed E-state index contributed by atoms with van der Waals surface area (Å²) in [4.78, 5) is 0. The SMILES string of the molecule is COc1ccc(C(F)Cl)cc1. The van der Waals surface area contributed by atoms with Crippen LogP contribution >= 0.6 is 11.6 Å². The minimum absolute atomic E-state index is 0.451. The molecule has 0 amide bonds. The van der Waals surface area contributed by atoms with Crippen molar-refractivity contribution in [2.45, 2.75) is 5.63 Å². The van der Waals surface area contributed by atoms with Crippen molar-refractivity contribution in [1.29, 1.82) is 0 Å². The van der Waals surface area contributed by atoms with Crippen LogP contribution in [0.2, 0.25) is 0 Å². The summed E-state index contributed by atoms with van der Waals surface area (Å²) in [5.74, 6) is 0.700. The molecule has 0 radical (unpaired) electrons. The van der Waals surface area contributed by atoms with E-state index < -0.39 is 5.63 Å². The molecule has 3 heteroatoms. The Kier molecular flexibility index (Phi) is 2.71. The number of ether oxygens (including phenoxy) is 1. The molecule has 0 aromatic heterocycles. The van der Waals surface area contributed by atoms with Gasteiger partial charge in [-0.05, 0) is 12.1 Å². The van der Waals surface area contributed by atoms with E-state index in [0.717, 1.165) is 0 Å². The van der Waals surface area contributed by atoms with Crippen LogP contribution in [0.4, 0.5) is 4.39 Å². The van der Waals surface area contributed by atoms with E-state index >= 15 is 0 Å². The van der Waals surface area contributed by atoms with Crippen molar-refractivity contribution in [3.8, 4) is 5.75 Å². The Bertz CT molecular complexity index is 220.